The number of hydrogen-bond donors (Lipinski definition) is 0. The second-order valence-corrected chi connectivity index (χ2v) is 4.08. The number of rotatable bonds is 3. The summed E-state index contributed by atoms with van der Waals surface area (Å²) in [4.78, 5) is 18.8. The number of nitrogens with zero attached hydrogens (tertiary/aromatic N) is 2. The Morgan fingerprint density at radius 3 is 2.72 bits per heavy atom. The molecule has 0 unspecified atom stereocenters. The molecule has 1 heterocycles. The van der Waals surface area contributed by atoms with Crippen molar-refractivity contribution in [2.45, 2.75) is 13.8 Å². The lowest BCUT2D eigenvalue weighted by atomic mass is 10.0. The second kappa shape index (κ2) is 4.96. The number of methoxy groups -OCH3 is 1. The van der Waals surface area contributed by atoms with E-state index < -0.39 is 0 Å². The van der Waals surface area contributed by atoms with Gasteiger partial charge in [0.1, 0.15) is 5.75 Å². The van der Waals surface area contributed by atoms with Gasteiger partial charge in [-0.15, -0.1) is 0 Å². The molecule has 0 radical (unpaired) electrons. The first-order valence-electron chi connectivity index (χ1n) is 5.59. The van der Waals surface area contributed by atoms with Gasteiger partial charge in [0, 0.05) is 11.8 Å². The van der Waals surface area contributed by atoms with Gasteiger partial charge in [0.05, 0.1) is 12.8 Å². The molecule has 92 valence electrons. The molecule has 0 aliphatic carbocycles. The quantitative estimate of drug-likeness (QED) is 0.776. The molecule has 0 saturated carbocycles. The number of hydrogen-bond acceptors (Lipinski definition) is 4. The predicted molar refractivity (Wildman–Crippen MR) is 68.9 cm³/mol. The molecule has 18 heavy (non-hydrogen) atoms. The van der Waals surface area contributed by atoms with Crippen LogP contribution in [0.4, 0.5) is 0 Å². The summed E-state index contributed by atoms with van der Waals surface area (Å²) in [5.74, 6) is 0.949. The summed E-state index contributed by atoms with van der Waals surface area (Å²) in [6, 6.07) is 5.80. The Balaban J connectivity index is 2.65. The van der Waals surface area contributed by atoms with E-state index in [0.29, 0.717) is 12.0 Å². The van der Waals surface area contributed by atoms with Crippen molar-refractivity contribution in [2.24, 2.45) is 0 Å². The number of carbonyl (C=O) groups is 1. The van der Waals surface area contributed by atoms with Gasteiger partial charge < -0.3 is 4.74 Å². The fourth-order valence-electron chi connectivity index (χ4n) is 2.00. The normalized spacial score (nSPS) is 10.2. The van der Waals surface area contributed by atoms with E-state index in [2.05, 4.69) is 9.97 Å². The summed E-state index contributed by atoms with van der Waals surface area (Å²) in [6.45, 7) is 3.99. The van der Waals surface area contributed by atoms with Crippen molar-refractivity contribution >= 4 is 6.29 Å². The van der Waals surface area contributed by atoms with Crippen molar-refractivity contribution in [1.82, 2.24) is 9.97 Å². The van der Waals surface area contributed by atoms with Crippen LogP contribution in [0.15, 0.2) is 24.4 Å². The number of aldehydes is 1. The van der Waals surface area contributed by atoms with E-state index in [9.17, 15) is 4.79 Å². The van der Waals surface area contributed by atoms with E-state index in [0.717, 1.165) is 22.4 Å². The lowest BCUT2D eigenvalue weighted by Gasteiger charge is -2.12. The van der Waals surface area contributed by atoms with Crippen molar-refractivity contribution in [1.29, 1.82) is 0 Å². The fourth-order valence-corrected chi connectivity index (χ4v) is 2.00. The SMILES string of the molecule is COc1c(C)cc(C)cc1-c1ccnc(C=O)n1. The van der Waals surface area contributed by atoms with E-state index in [-0.39, 0.29) is 5.82 Å². The lowest BCUT2D eigenvalue weighted by molar-refractivity contribution is 0.111. The maximum absolute atomic E-state index is 10.7. The molecule has 1 aromatic heterocycles. The Morgan fingerprint density at radius 2 is 2.06 bits per heavy atom. The van der Waals surface area contributed by atoms with E-state index in [1.807, 2.05) is 26.0 Å². The van der Waals surface area contributed by atoms with Crippen LogP contribution in [0, 0.1) is 13.8 Å². The van der Waals surface area contributed by atoms with Gasteiger partial charge in [0.25, 0.3) is 0 Å². The molecule has 0 aliphatic rings. The van der Waals surface area contributed by atoms with Gasteiger partial charge in [-0.3, -0.25) is 4.79 Å². The molecule has 0 amide bonds. The third-order valence-corrected chi connectivity index (χ3v) is 2.68. The van der Waals surface area contributed by atoms with E-state index >= 15 is 0 Å². The molecule has 0 N–H and O–H groups in total. The zero-order chi connectivity index (χ0) is 13.1. The van der Waals surface area contributed by atoms with Crippen LogP contribution in [-0.4, -0.2) is 23.4 Å². The van der Waals surface area contributed by atoms with Crippen molar-refractivity contribution in [3.63, 3.8) is 0 Å². The summed E-state index contributed by atoms with van der Waals surface area (Å²) < 4.78 is 5.41. The monoisotopic (exact) mass is 242 g/mol. The average molecular weight is 242 g/mol. The van der Waals surface area contributed by atoms with Gasteiger partial charge in [-0.25, -0.2) is 9.97 Å². The zero-order valence-corrected chi connectivity index (χ0v) is 10.6. The molecule has 0 bridgehead atoms. The van der Waals surface area contributed by atoms with Gasteiger partial charge in [0.2, 0.25) is 0 Å². The van der Waals surface area contributed by atoms with E-state index in [4.69, 9.17) is 4.74 Å². The van der Waals surface area contributed by atoms with Crippen LogP contribution in [0.5, 0.6) is 5.75 Å². The minimum Gasteiger partial charge on any atom is -0.496 e. The van der Waals surface area contributed by atoms with Crippen LogP contribution in [-0.2, 0) is 0 Å². The molecule has 0 atom stereocenters. The van der Waals surface area contributed by atoms with Crippen LogP contribution in [0.25, 0.3) is 11.3 Å². The Hall–Kier alpha value is -2.23. The third kappa shape index (κ3) is 2.22. The lowest BCUT2D eigenvalue weighted by Crippen LogP contribution is -1.97. The summed E-state index contributed by atoms with van der Waals surface area (Å²) in [7, 11) is 1.63. The molecule has 4 nitrogen and oxygen atoms in total. The maximum Gasteiger partial charge on any atom is 0.193 e. The second-order valence-electron chi connectivity index (χ2n) is 4.08. The number of ether oxygens (including phenoxy) is 1. The predicted octanol–water partition coefficient (Wildman–Crippen LogP) is 2.58. The summed E-state index contributed by atoms with van der Waals surface area (Å²) in [6.07, 6.45) is 2.21. The van der Waals surface area contributed by atoms with Gasteiger partial charge in [-0.1, -0.05) is 6.07 Å². The Morgan fingerprint density at radius 1 is 1.28 bits per heavy atom. The Labute approximate surface area is 106 Å². The molecule has 0 aliphatic heterocycles. The molecule has 2 aromatic rings. The molecule has 0 spiro atoms. The first kappa shape index (κ1) is 12.2. The number of benzene rings is 1. The van der Waals surface area contributed by atoms with Gasteiger partial charge in [-0.05, 0) is 37.1 Å². The van der Waals surface area contributed by atoms with Gasteiger partial charge in [0.15, 0.2) is 12.1 Å². The Kier molecular flexibility index (Phi) is 3.37. The van der Waals surface area contributed by atoms with Crippen LogP contribution in [0.3, 0.4) is 0 Å². The maximum atomic E-state index is 10.7. The molecule has 0 saturated heterocycles. The standard InChI is InChI=1S/C14H14N2O2/c1-9-6-10(2)14(18-3)11(7-9)12-4-5-15-13(8-17)16-12/h4-8H,1-3H3. The number of carbonyl (C=O) groups excluding carboxylic acids is 1. The number of aromatic nitrogens is 2. The van der Waals surface area contributed by atoms with Crippen molar-refractivity contribution < 1.29 is 9.53 Å². The molecular weight excluding hydrogens is 228 g/mol. The third-order valence-electron chi connectivity index (χ3n) is 2.68. The minimum atomic E-state index is 0.175. The molecule has 4 heteroatoms. The van der Waals surface area contributed by atoms with Crippen LogP contribution >= 0.6 is 0 Å². The highest BCUT2D eigenvalue weighted by Gasteiger charge is 2.11. The van der Waals surface area contributed by atoms with Gasteiger partial charge >= 0.3 is 0 Å². The van der Waals surface area contributed by atoms with Crippen molar-refractivity contribution in [2.75, 3.05) is 7.11 Å². The highest BCUT2D eigenvalue weighted by molar-refractivity contribution is 5.74. The van der Waals surface area contributed by atoms with Crippen LogP contribution in [0.2, 0.25) is 0 Å². The first-order chi connectivity index (χ1) is 8.65. The van der Waals surface area contributed by atoms with E-state index in [1.54, 1.807) is 19.4 Å². The largest absolute Gasteiger partial charge is 0.496 e. The molecule has 0 fully saturated rings. The fraction of sp³-hybridized carbons (Fsp3) is 0.214. The molecular formula is C14H14N2O2. The molecule has 1 aromatic carbocycles. The number of aryl methyl sites for hydroxylation is 2. The van der Waals surface area contributed by atoms with Crippen molar-refractivity contribution in [3.05, 3.63) is 41.3 Å². The van der Waals surface area contributed by atoms with Crippen LogP contribution in [0.1, 0.15) is 21.7 Å². The summed E-state index contributed by atoms with van der Waals surface area (Å²) >= 11 is 0. The smallest absolute Gasteiger partial charge is 0.193 e. The average Bonchev–Trinajstić information content (AvgIpc) is 2.38. The van der Waals surface area contributed by atoms with Gasteiger partial charge in [-0.2, -0.15) is 0 Å². The Bertz CT molecular complexity index is 594. The highest BCUT2D eigenvalue weighted by atomic mass is 16.5. The molecule has 2 rings (SSSR count). The van der Waals surface area contributed by atoms with E-state index in [1.165, 1.54) is 0 Å². The first-order valence-corrected chi connectivity index (χ1v) is 5.59. The van der Waals surface area contributed by atoms with Crippen molar-refractivity contribution in [3.8, 4) is 17.0 Å². The highest BCUT2D eigenvalue weighted by Crippen LogP contribution is 2.32. The summed E-state index contributed by atoms with van der Waals surface area (Å²) in [5, 5.41) is 0. The topological polar surface area (TPSA) is 52.1 Å². The van der Waals surface area contributed by atoms with Crippen LogP contribution < -0.4 is 4.74 Å². The summed E-state index contributed by atoms with van der Waals surface area (Å²) in [5.41, 5.74) is 3.73. The minimum absolute atomic E-state index is 0.175. The zero-order valence-electron chi connectivity index (χ0n) is 10.6.